The van der Waals surface area contributed by atoms with E-state index in [2.05, 4.69) is 38.8 Å². The first-order valence-electron chi connectivity index (χ1n) is 10.7. The SMILES string of the molecule is C[B]S(=O)(=O)OC1CCC2(C)[C@@H]3Cc4ccc(O)c(C)c4[C@@]2(CCN3C)C1(C)C. The van der Waals surface area contributed by atoms with Gasteiger partial charge in [0.05, 0.1) is 6.10 Å². The molecule has 29 heavy (non-hydrogen) atoms. The standard InChI is InChI=1S/C22H33BNO4S/c1-14-16(25)8-7-15-13-17-21(4)10-9-18(28-29(26,27)23-5)20(2,3)22(21,19(14)15)11-12-24(17)6/h7-8,17-18,25H,9-13H2,1-6H3/t17-,18?,21?,22-/m0/s1. The highest BCUT2D eigenvalue weighted by Gasteiger charge is 2.70. The minimum Gasteiger partial charge on any atom is -0.508 e. The molecule has 1 saturated heterocycles. The minimum atomic E-state index is -3.67. The van der Waals surface area contributed by atoms with E-state index in [4.69, 9.17) is 4.18 Å². The van der Waals surface area contributed by atoms with Crippen molar-refractivity contribution in [2.45, 2.75) is 77.8 Å². The number of hydrogen-bond acceptors (Lipinski definition) is 5. The van der Waals surface area contributed by atoms with E-state index in [0.29, 0.717) is 11.8 Å². The van der Waals surface area contributed by atoms with Crippen LogP contribution in [0.3, 0.4) is 0 Å². The molecule has 0 aromatic heterocycles. The summed E-state index contributed by atoms with van der Waals surface area (Å²) in [6, 6.07) is 4.27. The maximum absolute atomic E-state index is 12.4. The van der Waals surface area contributed by atoms with Crippen LogP contribution < -0.4 is 0 Å². The van der Waals surface area contributed by atoms with E-state index in [1.165, 1.54) is 17.9 Å². The van der Waals surface area contributed by atoms with Crippen LogP contribution in [-0.4, -0.2) is 50.7 Å². The van der Waals surface area contributed by atoms with Crippen molar-refractivity contribution in [3.8, 4) is 5.75 Å². The van der Waals surface area contributed by atoms with Crippen LogP contribution in [0.5, 0.6) is 5.75 Å². The Labute approximate surface area is 176 Å². The third-order valence-electron chi connectivity index (χ3n) is 8.81. The summed E-state index contributed by atoms with van der Waals surface area (Å²) in [5.41, 5.74) is 2.77. The average Bonchev–Trinajstić information content (AvgIpc) is 2.64. The first-order chi connectivity index (χ1) is 13.4. The van der Waals surface area contributed by atoms with Gasteiger partial charge in [-0.3, -0.25) is 4.18 Å². The summed E-state index contributed by atoms with van der Waals surface area (Å²) in [7, 11) is -1.46. The highest BCUT2D eigenvalue weighted by molar-refractivity contribution is 8.11. The number of phenols is 1. The second kappa shape index (κ2) is 6.48. The van der Waals surface area contributed by atoms with Crippen molar-refractivity contribution in [2.75, 3.05) is 13.6 Å². The van der Waals surface area contributed by atoms with E-state index in [1.54, 1.807) is 0 Å². The van der Waals surface area contributed by atoms with Crippen molar-refractivity contribution in [2.24, 2.45) is 10.8 Å². The van der Waals surface area contributed by atoms with Gasteiger partial charge in [0.15, 0.2) is 0 Å². The second-order valence-electron chi connectivity index (χ2n) is 10.1. The lowest BCUT2D eigenvalue weighted by Gasteiger charge is -2.71. The van der Waals surface area contributed by atoms with Crippen LogP contribution >= 0.6 is 0 Å². The molecule has 7 heteroatoms. The molecule has 1 heterocycles. The zero-order valence-corrected chi connectivity index (χ0v) is 19.3. The second-order valence-corrected chi connectivity index (χ2v) is 11.7. The Morgan fingerprint density at radius 3 is 2.59 bits per heavy atom. The highest BCUT2D eigenvalue weighted by Crippen LogP contribution is 2.70. The minimum absolute atomic E-state index is 0.0192. The Kier molecular flexibility index (Phi) is 4.73. The third kappa shape index (κ3) is 2.63. The molecular formula is C22H33BNO4S. The van der Waals surface area contributed by atoms with Crippen molar-refractivity contribution < 1.29 is 17.7 Å². The fourth-order valence-electron chi connectivity index (χ4n) is 7.29. The topological polar surface area (TPSA) is 66.8 Å². The Morgan fingerprint density at radius 2 is 1.93 bits per heavy atom. The number of benzene rings is 1. The molecule has 2 fully saturated rings. The molecule has 1 aromatic rings. The van der Waals surface area contributed by atoms with E-state index in [0.717, 1.165) is 44.3 Å². The van der Waals surface area contributed by atoms with Gasteiger partial charge in [-0.2, -0.15) is 0 Å². The molecule has 159 valence electrons. The Balaban J connectivity index is 1.98. The van der Waals surface area contributed by atoms with Gasteiger partial charge >= 0.3 is 6.56 Å². The summed E-state index contributed by atoms with van der Waals surface area (Å²) in [5.74, 6) is 0.325. The molecule has 4 atom stereocenters. The number of hydrogen-bond donors (Lipinski definition) is 1. The summed E-state index contributed by atoms with van der Waals surface area (Å²) in [6.07, 6.45) is 3.12. The van der Waals surface area contributed by atoms with E-state index in [1.807, 2.05) is 13.0 Å². The highest BCUT2D eigenvalue weighted by atomic mass is 32.2. The van der Waals surface area contributed by atoms with Gasteiger partial charge in [0.2, 0.25) is 9.97 Å². The molecule has 5 nitrogen and oxygen atoms in total. The molecule has 1 radical (unpaired) electrons. The Hall–Kier alpha value is -1.05. The van der Waals surface area contributed by atoms with Gasteiger partial charge in [-0.15, -0.1) is 0 Å². The Morgan fingerprint density at radius 1 is 1.24 bits per heavy atom. The summed E-state index contributed by atoms with van der Waals surface area (Å²) >= 11 is 0. The maximum atomic E-state index is 12.4. The number of phenolic OH excluding ortho intramolecular Hbond substituents is 1. The molecule has 2 unspecified atom stereocenters. The summed E-state index contributed by atoms with van der Waals surface area (Å²) in [5, 5.41) is 10.6. The van der Waals surface area contributed by atoms with Crippen LogP contribution in [0.4, 0.5) is 0 Å². The van der Waals surface area contributed by atoms with Crippen LogP contribution in [0.2, 0.25) is 6.82 Å². The largest absolute Gasteiger partial charge is 0.508 e. The molecule has 1 N–H and O–H groups in total. The normalized spacial score (nSPS) is 36.2. The van der Waals surface area contributed by atoms with Crippen LogP contribution in [0.25, 0.3) is 0 Å². The first-order valence-corrected chi connectivity index (χ1v) is 12.1. The van der Waals surface area contributed by atoms with Crippen molar-refractivity contribution >= 4 is 16.5 Å². The van der Waals surface area contributed by atoms with E-state index >= 15 is 0 Å². The lowest BCUT2D eigenvalue weighted by atomic mass is 9.36. The molecule has 1 aliphatic heterocycles. The summed E-state index contributed by atoms with van der Waals surface area (Å²) < 4.78 is 30.5. The van der Waals surface area contributed by atoms with Crippen LogP contribution in [0, 0.1) is 17.8 Å². The molecule has 0 amide bonds. The van der Waals surface area contributed by atoms with Crippen molar-refractivity contribution in [3.63, 3.8) is 0 Å². The maximum Gasteiger partial charge on any atom is 0.314 e. The number of aromatic hydroxyl groups is 1. The summed E-state index contributed by atoms with van der Waals surface area (Å²) in [4.78, 5) is 2.48. The molecule has 1 saturated carbocycles. The van der Waals surface area contributed by atoms with Gasteiger partial charge in [-0.1, -0.05) is 33.7 Å². The van der Waals surface area contributed by atoms with Gasteiger partial charge in [-0.25, -0.2) is 8.42 Å². The van der Waals surface area contributed by atoms with Crippen molar-refractivity contribution in [1.82, 2.24) is 4.90 Å². The molecule has 3 aliphatic rings. The number of piperidine rings is 1. The van der Waals surface area contributed by atoms with E-state index in [9.17, 15) is 13.5 Å². The van der Waals surface area contributed by atoms with Crippen LogP contribution in [-0.2, 0) is 26.0 Å². The van der Waals surface area contributed by atoms with Gasteiger partial charge < -0.3 is 10.0 Å². The van der Waals surface area contributed by atoms with Crippen molar-refractivity contribution in [1.29, 1.82) is 0 Å². The van der Waals surface area contributed by atoms with Gasteiger partial charge in [0, 0.05) is 16.9 Å². The zero-order chi connectivity index (χ0) is 21.4. The van der Waals surface area contributed by atoms with E-state index in [-0.39, 0.29) is 10.8 Å². The van der Waals surface area contributed by atoms with Crippen LogP contribution in [0.1, 0.15) is 56.7 Å². The molecule has 2 bridgehead atoms. The smallest absolute Gasteiger partial charge is 0.314 e. The molecule has 1 aromatic carbocycles. The predicted octanol–water partition coefficient (Wildman–Crippen LogP) is 3.41. The number of nitrogens with zero attached hydrogens (tertiary/aromatic N) is 1. The first kappa shape index (κ1) is 21.2. The fraction of sp³-hybridized carbons (Fsp3) is 0.727. The summed E-state index contributed by atoms with van der Waals surface area (Å²) in [6.45, 7) is 12.4. The average molecular weight is 418 g/mol. The van der Waals surface area contributed by atoms with Gasteiger partial charge in [0.1, 0.15) is 5.75 Å². The van der Waals surface area contributed by atoms with Gasteiger partial charge in [0.25, 0.3) is 0 Å². The molecule has 4 rings (SSSR count). The number of likely N-dealkylation sites (tertiary alicyclic amines) is 1. The number of rotatable bonds is 3. The molecule has 0 spiro atoms. The lowest BCUT2D eigenvalue weighted by molar-refractivity contribution is -0.171. The predicted molar refractivity (Wildman–Crippen MR) is 116 cm³/mol. The van der Waals surface area contributed by atoms with Gasteiger partial charge in [-0.05, 0) is 74.4 Å². The Bertz CT molecular complexity index is 946. The monoisotopic (exact) mass is 418 g/mol. The third-order valence-corrected chi connectivity index (χ3v) is 9.89. The molecule has 2 aliphatic carbocycles. The molecular weight excluding hydrogens is 385 g/mol. The van der Waals surface area contributed by atoms with Crippen LogP contribution in [0.15, 0.2) is 12.1 Å². The lowest BCUT2D eigenvalue weighted by Crippen LogP contribution is -2.73. The zero-order valence-electron chi connectivity index (χ0n) is 18.4. The number of fused-ring (bicyclic) bond motifs is 1. The van der Waals surface area contributed by atoms with E-state index < -0.39 is 21.5 Å². The van der Waals surface area contributed by atoms with Crippen molar-refractivity contribution in [3.05, 3.63) is 28.8 Å². The number of likely N-dealkylation sites (N-methyl/N-ethyl adjacent to an activating group) is 1. The quantitative estimate of drug-likeness (QED) is 0.763. The fourth-order valence-corrected chi connectivity index (χ4v) is 8.06.